The van der Waals surface area contributed by atoms with E-state index in [0.717, 1.165) is 23.3 Å². The van der Waals surface area contributed by atoms with Gasteiger partial charge in [0.1, 0.15) is 0 Å². The highest BCUT2D eigenvalue weighted by molar-refractivity contribution is 6.30. The number of piperazine rings is 1. The van der Waals surface area contributed by atoms with Crippen LogP contribution in [0, 0.1) is 0 Å². The van der Waals surface area contributed by atoms with Gasteiger partial charge in [0, 0.05) is 54.3 Å². The van der Waals surface area contributed by atoms with Crippen molar-refractivity contribution in [2.24, 2.45) is 0 Å². The van der Waals surface area contributed by atoms with Gasteiger partial charge in [-0.05, 0) is 73.5 Å². The Kier molecular flexibility index (Phi) is 10.1. The third-order valence-electron chi connectivity index (χ3n) is 7.83. The molecule has 2 aromatic heterocycles. The van der Waals surface area contributed by atoms with Crippen molar-refractivity contribution in [1.82, 2.24) is 20.2 Å². The van der Waals surface area contributed by atoms with E-state index in [-0.39, 0.29) is 36.6 Å². The second kappa shape index (κ2) is 14.2. The first-order valence-electron chi connectivity index (χ1n) is 14.9. The number of hydrogen-bond acceptors (Lipinski definition) is 6. The summed E-state index contributed by atoms with van der Waals surface area (Å²) in [7, 11) is 0. The lowest BCUT2D eigenvalue weighted by molar-refractivity contribution is -0.138. The van der Waals surface area contributed by atoms with Crippen molar-refractivity contribution in [3.63, 3.8) is 0 Å². The fraction of sp³-hybridized carbons (Fsp3) is 0.294. The number of ether oxygens (including phenoxy) is 1. The Hall–Kier alpha value is -4.64. The third-order valence-corrected chi connectivity index (χ3v) is 8.06. The van der Waals surface area contributed by atoms with Gasteiger partial charge in [0.25, 0.3) is 11.8 Å². The fourth-order valence-electron chi connectivity index (χ4n) is 5.58. The summed E-state index contributed by atoms with van der Waals surface area (Å²) >= 11 is 5.84. The molecule has 0 aliphatic carbocycles. The normalized spacial score (nSPS) is 15.0. The average Bonchev–Trinajstić information content (AvgIpc) is 3.07. The van der Waals surface area contributed by atoms with E-state index in [1.165, 1.54) is 11.0 Å². The fourth-order valence-corrected chi connectivity index (χ4v) is 5.75. The number of aromatic nitrogens is 2. The SMILES string of the molecule is CCOc1ncccc1-c1ccc(N2CCN(C(=O)c3ccc(Cl)cc3C(F)(F)F)C[C@H]2CC)c(C(=O)NCc2ccccn2)c1. The zero-order valence-electron chi connectivity index (χ0n) is 25.4. The maximum atomic E-state index is 13.8. The molecule has 240 valence electrons. The summed E-state index contributed by atoms with van der Waals surface area (Å²) in [5.74, 6) is -0.601. The lowest BCUT2D eigenvalue weighted by Crippen LogP contribution is -2.55. The van der Waals surface area contributed by atoms with Gasteiger partial charge in [0.2, 0.25) is 5.88 Å². The molecule has 2 aromatic carbocycles. The van der Waals surface area contributed by atoms with E-state index in [0.29, 0.717) is 42.4 Å². The molecule has 0 bridgehead atoms. The van der Waals surface area contributed by atoms with E-state index in [1.807, 2.05) is 49.1 Å². The molecule has 8 nitrogen and oxygen atoms in total. The van der Waals surface area contributed by atoms with Gasteiger partial charge in [-0.1, -0.05) is 30.7 Å². The maximum Gasteiger partial charge on any atom is 0.417 e. The number of rotatable bonds is 9. The van der Waals surface area contributed by atoms with E-state index in [4.69, 9.17) is 16.3 Å². The molecule has 46 heavy (non-hydrogen) atoms. The van der Waals surface area contributed by atoms with Gasteiger partial charge in [-0.25, -0.2) is 4.98 Å². The molecule has 0 unspecified atom stereocenters. The van der Waals surface area contributed by atoms with Crippen LogP contribution in [0.5, 0.6) is 5.88 Å². The number of amides is 2. The first-order valence-corrected chi connectivity index (χ1v) is 15.3. The lowest BCUT2D eigenvalue weighted by Gasteiger charge is -2.43. The highest BCUT2D eigenvalue weighted by Gasteiger charge is 2.38. The number of pyridine rings is 2. The van der Waals surface area contributed by atoms with Crippen molar-refractivity contribution in [2.75, 3.05) is 31.1 Å². The van der Waals surface area contributed by atoms with Crippen molar-refractivity contribution in [3.05, 3.63) is 107 Å². The van der Waals surface area contributed by atoms with Crippen LogP contribution in [-0.2, 0) is 12.7 Å². The zero-order chi connectivity index (χ0) is 32.8. The molecule has 5 rings (SSSR count). The summed E-state index contributed by atoms with van der Waals surface area (Å²) in [6.07, 6.45) is -0.876. The minimum Gasteiger partial charge on any atom is -0.478 e. The number of hydrogen-bond donors (Lipinski definition) is 1. The monoisotopic (exact) mass is 651 g/mol. The minimum absolute atomic E-state index is 0.0999. The number of carbonyl (C=O) groups is 2. The van der Waals surface area contributed by atoms with Gasteiger partial charge in [0.05, 0.1) is 35.5 Å². The Balaban J connectivity index is 1.47. The third kappa shape index (κ3) is 7.25. The molecule has 0 spiro atoms. The summed E-state index contributed by atoms with van der Waals surface area (Å²) < 4.78 is 47.2. The van der Waals surface area contributed by atoms with Crippen molar-refractivity contribution in [2.45, 2.75) is 39.0 Å². The molecule has 3 heterocycles. The van der Waals surface area contributed by atoms with Crippen LogP contribution in [0.4, 0.5) is 18.9 Å². The van der Waals surface area contributed by atoms with Crippen LogP contribution >= 0.6 is 11.6 Å². The smallest absolute Gasteiger partial charge is 0.417 e. The van der Waals surface area contributed by atoms with Crippen molar-refractivity contribution < 1.29 is 27.5 Å². The van der Waals surface area contributed by atoms with Gasteiger partial charge in [0.15, 0.2) is 0 Å². The predicted molar refractivity (Wildman–Crippen MR) is 170 cm³/mol. The highest BCUT2D eigenvalue weighted by Crippen LogP contribution is 2.36. The van der Waals surface area contributed by atoms with E-state index < -0.39 is 23.2 Å². The predicted octanol–water partition coefficient (Wildman–Crippen LogP) is 6.89. The van der Waals surface area contributed by atoms with Gasteiger partial charge >= 0.3 is 6.18 Å². The summed E-state index contributed by atoms with van der Waals surface area (Å²) in [5.41, 5.74) is 1.68. The van der Waals surface area contributed by atoms with Crippen LogP contribution in [-0.4, -0.2) is 59.0 Å². The molecular weight excluding hydrogens is 619 g/mol. The van der Waals surface area contributed by atoms with E-state index in [9.17, 15) is 22.8 Å². The van der Waals surface area contributed by atoms with Crippen molar-refractivity contribution in [3.8, 4) is 17.0 Å². The van der Waals surface area contributed by atoms with Crippen LogP contribution in [0.2, 0.25) is 5.02 Å². The maximum absolute atomic E-state index is 13.8. The number of benzene rings is 2. The van der Waals surface area contributed by atoms with Crippen molar-refractivity contribution >= 4 is 29.1 Å². The zero-order valence-corrected chi connectivity index (χ0v) is 26.1. The molecule has 1 aliphatic heterocycles. The molecule has 1 atom stereocenters. The number of alkyl halides is 3. The summed E-state index contributed by atoms with van der Waals surface area (Å²) in [6.45, 7) is 5.06. The Bertz CT molecular complexity index is 1700. The number of carbonyl (C=O) groups excluding carboxylic acids is 2. The lowest BCUT2D eigenvalue weighted by atomic mass is 9.98. The quantitative estimate of drug-likeness (QED) is 0.212. The summed E-state index contributed by atoms with van der Waals surface area (Å²) in [6, 6.07) is 17.6. The van der Waals surface area contributed by atoms with Gasteiger partial charge in [-0.3, -0.25) is 14.6 Å². The van der Waals surface area contributed by atoms with Gasteiger partial charge < -0.3 is 19.9 Å². The van der Waals surface area contributed by atoms with Crippen LogP contribution in [0.25, 0.3) is 11.1 Å². The Labute approximate surface area is 270 Å². The molecule has 1 saturated heterocycles. The molecular formula is C34H33ClF3N5O3. The second-order valence-electron chi connectivity index (χ2n) is 10.7. The van der Waals surface area contributed by atoms with Crippen LogP contribution in [0.1, 0.15) is 52.2 Å². The van der Waals surface area contributed by atoms with E-state index in [2.05, 4.69) is 15.3 Å². The number of nitrogens with zero attached hydrogens (tertiary/aromatic N) is 4. The Morgan fingerprint density at radius 3 is 2.50 bits per heavy atom. The first-order chi connectivity index (χ1) is 22.1. The Morgan fingerprint density at radius 2 is 1.78 bits per heavy atom. The van der Waals surface area contributed by atoms with Crippen LogP contribution < -0.4 is 15.0 Å². The molecule has 4 aromatic rings. The molecule has 1 N–H and O–H groups in total. The Morgan fingerprint density at radius 1 is 0.978 bits per heavy atom. The molecule has 1 aliphatic rings. The average molecular weight is 652 g/mol. The van der Waals surface area contributed by atoms with Gasteiger partial charge in [-0.2, -0.15) is 13.2 Å². The van der Waals surface area contributed by atoms with E-state index >= 15 is 0 Å². The largest absolute Gasteiger partial charge is 0.478 e. The summed E-state index contributed by atoms with van der Waals surface area (Å²) in [5, 5.41) is 2.86. The standard InChI is InChI=1S/C34H33ClF3N5O3/c1-3-25-21-42(33(45)27-12-11-23(35)19-29(27)34(36,37)38)16-17-43(25)30-13-10-22(26-9-7-15-40-32(26)46-4-2)18-28(30)31(44)41-20-24-8-5-6-14-39-24/h5-15,18-19,25H,3-4,16-17,20-21H2,1-2H3,(H,41,44)/t25-/m1/s1. The van der Waals surface area contributed by atoms with E-state index in [1.54, 1.807) is 30.6 Å². The first kappa shape index (κ1) is 32.7. The number of nitrogens with one attached hydrogen (secondary N) is 1. The van der Waals surface area contributed by atoms with Crippen molar-refractivity contribution in [1.29, 1.82) is 0 Å². The highest BCUT2D eigenvalue weighted by atomic mass is 35.5. The molecule has 1 fully saturated rings. The minimum atomic E-state index is -4.74. The van der Waals surface area contributed by atoms with Crippen LogP contribution in [0.3, 0.4) is 0 Å². The molecule has 0 radical (unpaired) electrons. The molecule has 2 amide bonds. The summed E-state index contributed by atoms with van der Waals surface area (Å²) in [4.78, 5) is 39.4. The topological polar surface area (TPSA) is 87.7 Å². The number of halogens is 4. The van der Waals surface area contributed by atoms with Gasteiger partial charge in [-0.15, -0.1) is 0 Å². The molecule has 0 saturated carbocycles. The number of anilines is 1. The van der Waals surface area contributed by atoms with Crippen LogP contribution in [0.15, 0.2) is 79.1 Å². The molecule has 12 heteroatoms. The second-order valence-corrected chi connectivity index (χ2v) is 11.2.